The van der Waals surface area contributed by atoms with Crippen LogP contribution in [0.15, 0.2) is 97.2 Å². The predicted octanol–water partition coefficient (Wildman–Crippen LogP) is 19.2. The number of esters is 1. The summed E-state index contributed by atoms with van der Waals surface area (Å²) in [5.74, 6) is -0.555. The Kier molecular flexibility index (Phi) is 53.0. The third-order valence-electron chi connectivity index (χ3n) is 13.3. The Hall–Kier alpha value is -3.07. The zero-order valence-corrected chi connectivity index (χ0v) is 50.9. The van der Waals surface area contributed by atoms with Crippen molar-refractivity contribution in [3.63, 3.8) is 0 Å². The maximum absolute atomic E-state index is 13.5. The van der Waals surface area contributed by atoms with E-state index < -0.39 is 20.0 Å². The molecule has 0 saturated carbocycles. The quantitative estimate of drug-likeness (QED) is 0.0205. The number of ether oxygens (including phenoxy) is 1. The van der Waals surface area contributed by atoms with Gasteiger partial charge in [0.1, 0.15) is 19.3 Å². The molecule has 0 aromatic rings. The molecular weight excluding hydrogens is 964 g/mol. The smallest absolute Gasteiger partial charge is 0.456 e. The molecule has 0 radical (unpaired) electrons. The Morgan fingerprint density at radius 3 is 1.29 bits per heavy atom. The van der Waals surface area contributed by atoms with Crippen LogP contribution in [0.1, 0.15) is 258 Å². The van der Waals surface area contributed by atoms with E-state index in [4.69, 9.17) is 13.8 Å². The fraction of sp³-hybridized carbons (Fsp3) is 0.727. The lowest BCUT2D eigenvalue weighted by Gasteiger charge is -2.27. The first-order valence-electron chi connectivity index (χ1n) is 31.1. The minimum Gasteiger partial charge on any atom is -0.456 e. The van der Waals surface area contributed by atoms with Crippen molar-refractivity contribution in [3.05, 3.63) is 97.2 Å². The lowest BCUT2D eigenvalue weighted by molar-refractivity contribution is -0.870. The van der Waals surface area contributed by atoms with Gasteiger partial charge in [0, 0.05) is 12.8 Å². The number of carbonyl (C=O) groups excluding carboxylic acids is 2. The highest BCUT2D eigenvalue weighted by atomic mass is 31.2. The highest BCUT2D eigenvalue weighted by Crippen LogP contribution is 2.43. The SMILES string of the molecule is CC/C=C\C/C=C\C/C=C\C/C=C\C/C=C\C/C=C\CCCCCCC(=O)OC(/C=C\CCCCCCCCCCCCC)C(COP(=O)(O)OCC[N+](C)(C)C)NC(=O)CCCCC/C=C\CCCCCCCCC. The Morgan fingerprint density at radius 1 is 0.474 bits per heavy atom. The number of nitrogens with one attached hydrogen (secondary N) is 1. The molecule has 0 heterocycles. The summed E-state index contributed by atoms with van der Waals surface area (Å²) in [7, 11) is 1.46. The number of hydrogen-bond donors (Lipinski definition) is 2. The number of quaternary nitrogens is 1. The van der Waals surface area contributed by atoms with Gasteiger partial charge in [0.25, 0.3) is 0 Å². The van der Waals surface area contributed by atoms with Crippen LogP contribution in [-0.4, -0.2) is 74.3 Å². The van der Waals surface area contributed by atoms with Gasteiger partial charge in [0.15, 0.2) is 0 Å². The van der Waals surface area contributed by atoms with Crippen LogP contribution in [0.2, 0.25) is 0 Å². The van der Waals surface area contributed by atoms with Gasteiger partial charge in [-0.3, -0.25) is 18.6 Å². The highest BCUT2D eigenvalue weighted by Gasteiger charge is 2.30. The van der Waals surface area contributed by atoms with Crippen molar-refractivity contribution in [3.8, 4) is 0 Å². The molecule has 2 N–H and O–H groups in total. The van der Waals surface area contributed by atoms with Crippen molar-refractivity contribution < 1.29 is 37.3 Å². The van der Waals surface area contributed by atoms with Crippen LogP contribution in [0.3, 0.4) is 0 Å². The first-order valence-corrected chi connectivity index (χ1v) is 32.6. The molecule has 0 spiro atoms. The maximum Gasteiger partial charge on any atom is 0.472 e. The minimum atomic E-state index is -4.46. The lowest BCUT2D eigenvalue weighted by atomic mass is 10.0. The van der Waals surface area contributed by atoms with Crippen molar-refractivity contribution >= 4 is 19.7 Å². The number of phosphoric acid groups is 1. The van der Waals surface area contributed by atoms with Gasteiger partial charge >= 0.3 is 13.8 Å². The van der Waals surface area contributed by atoms with Crippen LogP contribution in [0, 0.1) is 0 Å². The molecule has 3 atom stereocenters. The average molecular weight is 1080 g/mol. The van der Waals surface area contributed by atoms with E-state index in [1.54, 1.807) is 0 Å². The highest BCUT2D eigenvalue weighted by molar-refractivity contribution is 7.47. The molecule has 0 aliphatic rings. The number of likely N-dealkylation sites (N-methyl/N-ethyl adjacent to an activating group) is 1. The number of carbonyl (C=O) groups is 2. The number of amides is 1. The number of unbranched alkanes of at least 4 members (excludes halogenated alkanes) is 25. The molecule has 0 saturated heterocycles. The molecule has 0 aliphatic carbocycles. The van der Waals surface area contributed by atoms with Gasteiger partial charge in [-0.05, 0) is 109 Å². The monoisotopic (exact) mass is 1080 g/mol. The number of rotatable bonds is 55. The minimum absolute atomic E-state index is 0.0291. The summed E-state index contributed by atoms with van der Waals surface area (Å²) in [6.07, 6.45) is 74.0. The number of allylic oxidation sites excluding steroid dienone is 15. The fourth-order valence-corrected chi connectivity index (χ4v) is 9.20. The molecule has 76 heavy (non-hydrogen) atoms. The fourth-order valence-electron chi connectivity index (χ4n) is 8.47. The number of nitrogens with zero attached hydrogens (tertiary/aromatic N) is 1. The molecule has 1 amide bonds. The first kappa shape index (κ1) is 72.9. The molecule has 438 valence electrons. The Morgan fingerprint density at radius 2 is 0.842 bits per heavy atom. The van der Waals surface area contributed by atoms with Crippen molar-refractivity contribution in [1.82, 2.24) is 5.32 Å². The van der Waals surface area contributed by atoms with Crippen LogP contribution >= 0.6 is 7.82 Å². The van der Waals surface area contributed by atoms with E-state index in [1.807, 2.05) is 33.3 Å². The lowest BCUT2D eigenvalue weighted by Crippen LogP contribution is -2.47. The summed E-state index contributed by atoms with van der Waals surface area (Å²) in [6, 6.07) is -0.872. The van der Waals surface area contributed by atoms with E-state index in [2.05, 4.69) is 111 Å². The van der Waals surface area contributed by atoms with E-state index >= 15 is 0 Å². The standard InChI is InChI=1S/C66H117N2O7P/c1-7-10-13-16-19-22-25-28-30-31-32-33-34-35-36-37-38-41-44-47-50-53-56-59-66(70)75-64(57-54-51-48-45-42-39-27-24-21-18-15-12-9-3)63(62-74-76(71,72)73-61-60-68(4,5)6)67-65(69)58-55-52-49-46-43-40-29-26-23-20-17-14-11-8-2/h10,13,19,22,28,30,32-33,35-36,38,40-41,43,54,57,63-64H,7-9,11-12,14-18,20-21,23-27,29,31,34,37,39,42,44-53,55-56,58-62H2,1-6H3,(H-,67,69,71,72)/p+1/b13-10-,22-19-,30-28-,33-32-,36-35-,41-38-,43-40-,57-54-. The van der Waals surface area contributed by atoms with E-state index in [1.165, 1.54) is 103 Å². The molecule has 0 rings (SSSR count). The normalized spacial score (nSPS) is 14.4. The predicted molar refractivity (Wildman–Crippen MR) is 327 cm³/mol. The third kappa shape index (κ3) is 55.7. The van der Waals surface area contributed by atoms with Crippen molar-refractivity contribution in [2.75, 3.05) is 40.9 Å². The molecule has 0 fully saturated rings. The van der Waals surface area contributed by atoms with Crippen molar-refractivity contribution in [2.45, 2.75) is 270 Å². The van der Waals surface area contributed by atoms with Crippen molar-refractivity contribution in [1.29, 1.82) is 0 Å². The molecule has 0 aromatic heterocycles. The Balaban J connectivity index is 5.33. The van der Waals surface area contributed by atoms with Crippen LogP contribution < -0.4 is 5.32 Å². The third-order valence-corrected chi connectivity index (χ3v) is 14.2. The van der Waals surface area contributed by atoms with E-state index in [0.29, 0.717) is 23.9 Å². The average Bonchev–Trinajstić information content (AvgIpc) is 3.38. The topological polar surface area (TPSA) is 111 Å². The second-order valence-electron chi connectivity index (χ2n) is 21.8. The molecular formula is C66H118N2O7P+. The Labute approximate surface area is 468 Å². The van der Waals surface area contributed by atoms with Crippen molar-refractivity contribution in [2.24, 2.45) is 0 Å². The molecule has 0 aliphatic heterocycles. The van der Waals surface area contributed by atoms with Crippen LogP contribution in [0.4, 0.5) is 0 Å². The van der Waals surface area contributed by atoms with Crippen LogP contribution in [0.5, 0.6) is 0 Å². The molecule has 9 nitrogen and oxygen atoms in total. The molecule has 0 bridgehead atoms. The summed E-state index contributed by atoms with van der Waals surface area (Å²) in [5.41, 5.74) is 0. The Bertz CT molecular complexity index is 1620. The van der Waals surface area contributed by atoms with Gasteiger partial charge in [-0.2, -0.15) is 0 Å². The van der Waals surface area contributed by atoms with Crippen LogP contribution in [0.25, 0.3) is 0 Å². The second kappa shape index (κ2) is 55.3. The van der Waals surface area contributed by atoms with Crippen LogP contribution in [-0.2, 0) is 27.9 Å². The van der Waals surface area contributed by atoms with Gasteiger partial charge in [-0.1, -0.05) is 234 Å². The summed E-state index contributed by atoms with van der Waals surface area (Å²) in [6.45, 7) is 6.86. The van der Waals surface area contributed by atoms with E-state index in [0.717, 1.165) is 116 Å². The van der Waals surface area contributed by atoms with E-state index in [-0.39, 0.29) is 31.5 Å². The zero-order chi connectivity index (χ0) is 55.7. The van der Waals surface area contributed by atoms with E-state index in [9.17, 15) is 19.0 Å². The first-order chi connectivity index (χ1) is 36.9. The number of hydrogen-bond acceptors (Lipinski definition) is 6. The van der Waals surface area contributed by atoms with Gasteiger partial charge in [-0.25, -0.2) is 4.57 Å². The summed E-state index contributed by atoms with van der Waals surface area (Å²) < 4.78 is 30.7. The molecule has 3 unspecified atom stereocenters. The largest absolute Gasteiger partial charge is 0.472 e. The van der Waals surface area contributed by atoms with Gasteiger partial charge in [-0.15, -0.1) is 0 Å². The van der Waals surface area contributed by atoms with Gasteiger partial charge in [0.05, 0.1) is 33.8 Å². The molecule has 0 aromatic carbocycles. The molecule has 10 heteroatoms. The van der Waals surface area contributed by atoms with Gasteiger partial charge < -0.3 is 19.4 Å². The zero-order valence-electron chi connectivity index (χ0n) is 50.0. The number of phosphoric ester groups is 1. The second-order valence-corrected chi connectivity index (χ2v) is 23.3. The summed E-state index contributed by atoms with van der Waals surface area (Å²) >= 11 is 0. The summed E-state index contributed by atoms with van der Waals surface area (Å²) in [5, 5.41) is 3.04. The summed E-state index contributed by atoms with van der Waals surface area (Å²) in [4.78, 5) is 37.7. The van der Waals surface area contributed by atoms with Gasteiger partial charge in [0.2, 0.25) is 5.91 Å². The maximum atomic E-state index is 13.5.